The Morgan fingerprint density at radius 1 is 1.25 bits per heavy atom. The molecule has 90 valence electrons. The van der Waals surface area contributed by atoms with Crippen LogP contribution in [0, 0.1) is 0 Å². The van der Waals surface area contributed by atoms with Gasteiger partial charge in [-0.1, -0.05) is 25.8 Å². The Labute approximate surface area is 97.1 Å². The second kappa shape index (κ2) is 6.38. The molecule has 1 unspecified atom stereocenters. The van der Waals surface area contributed by atoms with Crippen LogP contribution in [0.5, 0.6) is 11.5 Å². The molecule has 0 aromatic heterocycles. The maximum Gasteiger partial charge on any atom is 0.157 e. The Hall–Kier alpha value is -1.22. The van der Waals surface area contributed by atoms with Crippen LogP contribution in [0.3, 0.4) is 0 Å². The van der Waals surface area contributed by atoms with E-state index in [1.807, 2.05) is 6.07 Å². The highest BCUT2D eigenvalue weighted by Gasteiger charge is 2.03. The van der Waals surface area contributed by atoms with Gasteiger partial charge in [-0.05, 0) is 31.0 Å². The summed E-state index contributed by atoms with van der Waals surface area (Å²) in [7, 11) is 0. The van der Waals surface area contributed by atoms with Gasteiger partial charge in [0.15, 0.2) is 11.5 Å². The minimum atomic E-state index is -0.0669. The summed E-state index contributed by atoms with van der Waals surface area (Å²) in [5.41, 5.74) is 0.985. The summed E-state index contributed by atoms with van der Waals surface area (Å²) in [5, 5.41) is 21.9. The van der Waals surface area contributed by atoms with Crippen LogP contribution in [-0.2, 0) is 6.54 Å². The molecule has 0 saturated heterocycles. The molecule has 3 N–H and O–H groups in total. The van der Waals surface area contributed by atoms with Crippen molar-refractivity contribution in [2.75, 3.05) is 0 Å². The minimum absolute atomic E-state index is 0.0551. The number of unbranched alkanes of at least 4 members (excludes halogenated alkanes) is 1. The topological polar surface area (TPSA) is 52.5 Å². The fraction of sp³-hybridized carbons (Fsp3) is 0.538. The van der Waals surface area contributed by atoms with Gasteiger partial charge >= 0.3 is 0 Å². The summed E-state index contributed by atoms with van der Waals surface area (Å²) in [4.78, 5) is 0. The largest absolute Gasteiger partial charge is 0.504 e. The molecule has 0 aliphatic heterocycles. The molecule has 0 spiro atoms. The van der Waals surface area contributed by atoms with Gasteiger partial charge in [-0.2, -0.15) is 0 Å². The lowest BCUT2D eigenvalue weighted by Gasteiger charge is -2.13. The Morgan fingerprint density at radius 2 is 2.00 bits per heavy atom. The van der Waals surface area contributed by atoms with Crippen molar-refractivity contribution in [1.82, 2.24) is 5.32 Å². The number of nitrogens with one attached hydrogen (secondary N) is 1. The Kier molecular flexibility index (Phi) is 5.12. The van der Waals surface area contributed by atoms with Crippen LogP contribution in [0.15, 0.2) is 18.2 Å². The zero-order chi connectivity index (χ0) is 12.0. The molecule has 0 aliphatic carbocycles. The number of phenolic OH excluding ortho intramolecular Hbond substituents is 2. The van der Waals surface area contributed by atoms with Gasteiger partial charge in [0.2, 0.25) is 0 Å². The predicted octanol–water partition coefficient (Wildman–Crippen LogP) is 2.77. The van der Waals surface area contributed by atoms with Crippen molar-refractivity contribution in [1.29, 1.82) is 0 Å². The summed E-state index contributed by atoms with van der Waals surface area (Å²) < 4.78 is 0. The molecule has 0 amide bonds. The number of aromatic hydroxyl groups is 2. The van der Waals surface area contributed by atoms with Crippen molar-refractivity contribution in [3.8, 4) is 11.5 Å². The monoisotopic (exact) mass is 223 g/mol. The number of phenols is 2. The van der Waals surface area contributed by atoms with Gasteiger partial charge in [-0.15, -0.1) is 0 Å². The average molecular weight is 223 g/mol. The first kappa shape index (κ1) is 12.8. The van der Waals surface area contributed by atoms with E-state index in [9.17, 15) is 5.11 Å². The molecule has 0 heterocycles. The molecule has 16 heavy (non-hydrogen) atoms. The van der Waals surface area contributed by atoms with Gasteiger partial charge < -0.3 is 15.5 Å². The summed E-state index contributed by atoms with van der Waals surface area (Å²) in [6.45, 7) is 5.07. The number of hydrogen-bond donors (Lipinski definition) is 3. The molecule has 0 fully saturated rings. The summed E-state index contributed by atoms with van der Waals surface area (Å²) in [6.07, 6.45) is 3.61. The zero-order valence-corrected chi connectivity index (χ0v) is 10.0. The van der Waals surface area contributed by atoms with E-state index in [2.05, 4.69) is 19.2 Å². The average Bonchev–Trinajstić information content (AvgIpc) is 2.28. The van der Waals surface area contributed by atoms with E-state index in [-0.39, 0.29) is 11.5 Å². The molecule has 3 heteroatoms. The first-order valence-corrected chi connectivity index (χ1v) is 5.87. The first-order chi connectivity index (χ1) is 7.63. The summed E-state index contributed by atoms with van der Waals surface area (Å²) in [6, 6.07) is 5.41. The van der Waals surface area contributed by atoms with Gasteiger partial charge in [0.25, 0.3) is 0 Å². The van der Waals surface area contributed by atoms with E-state index < -0.39 is 0 Å². The smallest absolute Gasteiger partial charge is 0.157 e. The van der Waals surface area contributed by atoms with Gasteiger partial charge in [-0.3, -0.25) is 0 Å². The number of hydrogen-bond acceptors (Lipinski definition) is 3. The predicted molar refractivity (Wildman–Crippen MR) is 65.6 cm³/mol. The second-order valence-corrected chi connectivity index (χ2v) is 4.25. The van der Waals surface area contributed by atoms with E-state index >= 15 is 0 Å². The lowest BCUT2D eigenvalue weighted by molar-refractivity contribution is 0.402. The van der Waals surface area contributed by atoms with Crippen molar-refractivity contribution in [2.24, 2.45) is 0 Å². The maximum atomic E-state index is 9.33. The third-order valence-electron chi connectivity index (χ3n) is 2.69. The van der Waals surface area contributed by atoms with Crippen LogP contribution in [0.1, 0.15) is 38.7 Å². The van der Waals surface area contributed by atoms with Crippen LogP contribution < -0.4 is 5.32 Å². The van der Waals surface area contributed by atoms with Crippen molar-refractivity contribution in [2.45, 2.75) is 45.7 Å². The van der Waals surface area contributed by atoms with E-state index in [1.165, 1.54) is 25.3 Å². The number of rotatable bonds is 6. The van der Waals surface area contributed by atoms with Crippen LogP contribution in [0.25, 0.3) is 0 Å². The van der Waals surface area contributed by atoms with Gasteiger partial charge in [0.05, 0.1) is 0 Å². The van der Waals surface area contributed by atoms with E-state index in [0.29, 0.717) is 6.04 Å². The van der Waals surface area contributed by atoms with Crippen molar-refractivity contribution in [3.05, 3.63) is 23.8 Å². The van der Waals surface area contributed by atoms with Gasteiger partial charge in [0.1, 0.15) is 0 Å². The Morgan fingerprint density at radius 3 is 2.62 bits per heavy atom. The Balaban J connectivity index is 2.39. The van der Waals surface area contributed by atoms with Crippen LogP contribution in [0.4, 0.5) is 0 Å². The lowest BCUT2D eigenvalue weighted by atomic mass is 10.1. The summed E-state index contributed by atoms with van der Waals surface area (Å²) in [5.74, 6) is -0.122. The highest BCUT2D eigenvalue weighted by atomic mass is 16.3. The molecule has 0 aliphatic rings. The molecule has 0 radical (unpaired) electrons. The SMILES string of the molecule is CCCCC(C)NCc1ccc(O)c(O)c1. The molecular weight excluding hydrogens is 202 g/mol. The Bertz CT molecular complexity index is 326. The normalized spacial score (nSPS) is 12.6. The molecule has 0 saturated carbocycles. The maximum absolute atomic E-state index is 9.33. The van der Waals surface area contributed by atoms with Crippen molar-refractivity contribution < 1.29 is 10.2 Å². The molecule has 0 bridgehead atoms. The van der Waals surface area contributed by atoms with Crippen LogP contribution in [-0.4, -0.2) is 16.3 Å². The third-order valence-corrected chi connectivity index (χ3v) is 2.69. The van der Waals surface area contributed by atoms with Crippen molar-refractivity contribution >= 4 is 0 Å². The second-order valence-electron chi connectivity index (χ2n) is 4.25. The van der Waals surface area contributed by atoms with Gasteiger partial charge in [0, 0.05) is 12.6 Å². The van der Waals surface area contributed by atoms with E-state index in [1.54, 1.807) is 6.07 Å². The zero-order valence-electron chi connectivity index (χ0n) is 10.0. The van der Waals surface area contributed by atoms with Gasteiger partial charge in [-0.25, -0.2) is 0 Å². The first-order valence-electron chi connectivity index (χ1n) is 5.87. The molecule has 1 rings (SSSR count). The fourth-order valence-corrected chi connectivity index (χ4v) is 1.58. The standard InChI is InChI=1S/C13H21NO2/c1-3-4-5-10(2)14-9-11-6-7-12(15)13(16)8-11/h6-8,10,14-16H,3-5,9H2,1-2H3. The van der Waals surface area contributed by atoms with Crippen LogP contribution in [0.2, 0.25) is 0 Å². The minimum Gasteiger partial charge on any atom is -0.504 e. The summed E-state index contributed by atoms with van der Waals surface area (Å²) >= 11 is 0. The molecule has 1 atom stereocenters. The van der Waals surface area contributed by atoms with Crippen molar-refractivity contribution in [3.63, 3.8) is 0 Å². The molecule has 1 aromatic carbocycles. The molecule has 3 nitrogen and oxygen atoms in total. The lowest BCUT2D eigenvalue weighted by Crippen LogP contribution is -2.25. The molecule has 1 aromatic rings. The van der Waals surface area contributed by atoms with E-state index in [0.717, 1.165) is 12.1 Å². The highest BCUT2D eigenvalue weighted by molar-refractivity contribution is 5.40. The quantitative estimate of drug-likeness (QED) is 0.650. The highest BCUT2D eigenvalue weighted by Crippen LogP contribution is 2.24. The van der Waals surface area contributed by atoms with E-state index in [4.69, 9.17) is 5.11 Å². The third kappa shape index (κ3) is 4.11. The number of benzene rings is 1. The van der Waals surface area contributed by atoms with Crippen LogP contribution >= 0.6 is 0 Å². The molecular formula is C13H21NO2. The fourth-order valence-electron chi connectivity index (χ4n) is 1.58.